The van der Waals surface area contributed by atoms with Gasteiger partial charge in [0.15, 0.2) is 0 Å². The van der Waals surface area contributed by atoms with Crippen LogP contribution >= 0.6 is 15.9 Å². The SMILES string of the molecule is O=[13C](O)CCCCCCCCCCCBr. The summed E-state index contributed by atoms with van der Waals surface area (Å²) in [6.07, 6.45) is 11.4. The molecule has 0 amide bonds. The van der Waals surface area contributed by atoms with E-state index in [1.165, 1.54) is 44.9 Å². The van der Waals surface area contributed by atoms with E-state index >= 15 is 0 Å². The number of carboxylic acid groups (broad SMARTS) is 1. The first-order chi connectivity index (χ1) is 7.27. The van der Waals surface area contributed by atoms with Crippen LogP contribution in [0.5, 0.6) is 0 Å². The maximum atomic E-state index is 10.2. The first kappa shape index (κ1) is 14.9. The Hall–Kier alpha value is -0.0500. The summed E-state index contributed by atoms with van der Waals surface area (Å²) in [5, 5.41) is 9.56. The van der Waals surface area contributed by atoms with E-state index in [0.717, 1.165) is 18.2 Å². The van der Waals surface area contributed by atoms with Gasteiger partial charge in [0.05, 0.1) is 0 Å². The van der Waals surface area contributed by atoms with E-state index in [4.69, 9.17) is 5.11 Å². The molecule has 0 fully saturated rings. The lowest BCUT2D eigenvalue weighted by Crippen LogP contribution is -1.93. The normalized spacial score (nSPS) is 10.5. The maximum Gasteiger partial charge on any atom is 0.303 e. The zero-order valence-electron chi connectivity index (χ0n) is 9.51. The lowest BCUT2D eigenvalue weighted by molar-refractivity contribution is -0.137. The van der Waals surface area contributed by atoms with E-state index < -0.39 is 5.97 Å². The second kappa shape index (κ2) is 12.0. The topological polar surface area (TPSA) is 37.3 Å². The third kappa shape index (κ3) is 14.0. The van der Waals surface area contributed by atoms with Crippen LogP contribution in [0.2, 0.25) is 0 Å². The fourth-order valence-corrected chi connectivity index (χ4v) is 2.00. The molecule has 1 N–H and O–H groups in total. The van der Waals surface area contributed by atoms with Crippen molar-refractivity contribution in [2.45, 2.75) is 64.2 Å². The number of carboxylic acids is 1. The van der Waals surface area contributed by atoms with Crippen LogP contribution in [0, 0.1) is 0 Å². The molecule has 0 aliphatic carbocycles. The average Bonchev–Trinajstić information content (AvgIpc) is 2.20. The second-order valence-electron chi connectivity index (χ2n) is 4.01. The Morgan fingerprint density at radius 2 is 1.20 bits per heavy atom. The number of rotatable bonds is 11. The minimum atomic E-state index is -0.662. The Balaban J connectivity index is 2.89. The Morgan fingerprint density at radius 1 is 0.800 bits per heavy atom. The summed E-state index contributed by atoms with van der Waals surface area (Å²) in [4.78, 5) is 10.2. The molecule has 3 heteroatoms. The summed E-state index contributed by atoms with van der Waals surface area (Å²) in [6.45, 7) is 0. The van der Waals surface area contributed by atoms with E-state index in [0.29, 0.717) is 6.42 Å². The van der Waals surface area contributed by atoms with Gasteiger partial charge >= 0.3 is 5.97 Å². The van der Waals surface area contributed by atoms with Gasteiger partial charge in [0.1, 0.15) is 0 Å². The van der Waals surface area contributed by atoms with Crippen LogP contribution in [0.4, 0.5) is 0 Å². The van der Waals surface area contributed by atoms with E-state index in [1.807, 2.05) is 0 Å². The number of carbonyl (C=O) groups is 1. The smallest absolute Gasteiger partial charge is 0.303 e. The van der Waals surface area contributed by atoms with Gasteiger partial charge in [0, 0.05) is 11.8 Å². The molecule has 0 aromatic heterocycles. The molecule has 0 heterocycles. The van der Waals surface area contributed by atoms with E-state index in [2.05, 4.69) is 15.9 Å². The summed E-state index contributed by atoms with van der Waals surface area (Å²) in [7, 11) is 0. The molecule has 90 valence electrons. The summed E-state index contributed by atoms with van der Waals surface area (Å²) >= 11 is 3.42. The largest absolute Gasteiger partial charge is 0.481 e. The van der Waals surface area contributed by atoms with Crippen LogP contribution in [0.1, 0.15) is 64.2 Å². The molecule has 0 unspecified atom stereocenters. The van der Waals surface area contributed by atoms with Gasteiger partial charge in [0.25, 0.3) is 0 Å². The standard InChI is InChI=1S/C12H23BrO2/c13-11-9-7-5-3-1-2-4-6-8-10-12(14)15/h1-11H2,(H,14,15)/i12+1. The third-order valence-corrected chi connectivity index (χ3v) is 3.09. The van der Waals surface area contributed by atoms with Crippen LogP contribution in [-0.4, -0.2) is 16.4 Å². The number of alkyl halides is 1. The van der Waals surface area contributed by atoms with Crippen LogP contribution < -0.4 is 0 Å². The molecule has 0 spiro atoms. The molecule has 0 saturated heterocycles. The molecule has 0 aliphatic rings. The van der Waals surface area contributed by atoms with Crippen molar-refractivity contribution < 1.29 is 9.90 Å². The minimum absolute atomic E-state index is 0.339. The highest BCUT2D eigenvalue weighted by Gasteiger charge is 1.96. The molecule has 15 heavy (non-hydrogen) atoms. The molecule has 0 atom stereocenters. The molecular formula is C12H23BrO2. The van der Waals surface area contributed by atoms with Crippen LogP contribution in [0.25, 0.3) is 0 Å². The number of hydrogen-bond donors (Lipinski definition) is 1. The molecular weight excluding hydrogens is 257 g/mol. The number of aliphatic carboxylic acids is 1. The zero-order chi connectivity index (χ0) is 11.4. The first-order valence-corrected chi connectivity index (χ1v) is 7.17. The van der Waals surface area contributed by atoms with E-state index in [1.54, 1.807) is 0 Å². The lowest BCUT2D eigenvalue weighted by Gasteiger charge is -2.00. The number of unbranched alkanes of at least 4 members (excludes halogenated alkanes) is 8. The predicted molar refractivity (Wildman–Crippen MR) is 67.6 cm³/mol. The van der Waals surface area contributed by atoms with Gasteiger partial charge in [0.2, 0.25) is 0 Å². The number of hydrogen-bond acceptors (Lipinski definition) is 1. The van der Waals surface area contributed by atoms with Gasteiger partial charge in [-0.05, 0) is 12.8 Å². The zero-order valence-corrected chi connectivity index (χ0v) is 11.1. The van der Waals surface area contributed by atoms with Crippen molar-refractivity contribution in [3.63, 3.8) is 0 Å². The summed E-state index contributed by atoms with van der Waals surface area (Å²) < 4.78 is 0. The van der Waals surface area contributed by atoms with Crippen molar-refractivity contribution in [2.24, 2.45) is 0 Å². The Bertz CT molecular complexity index is 149. The van der Waals surface area contributed by atoms with Crippen LogP contribution in [0.15, 0.2) is 0 Å². The van der Waals surface area contributed by atoms with E-state index in [-0.39, 0.29) is 0 Å². The Morgan fingerprint density at radius 3 is 1.60 bits per heavy atom. The molecule has 0 radical (unpaired) electrons. The third-order valence-electron chi connectivity index (χ3n) is 2.52. The molecule has 0 rings (SSSR count). The molecule has 0 bridgehead atoms. The van der Waals surface area contributed by atoms with Gasteiger partial charge in [-0.2, -0.15) is 0 Å². The van der Waals surface area contributed by atoms with Crippen LogP contribution in [-0.2, 0) is 4.79 Å². The predicted octanol–water partition coefficient (Wildman–Crippen LogP) is 4.37. The minimum Gasteiger partial charge on any atom is -0.481 e. The quantitative estimate of drug-likeness (QED) is 0.347. The van der Waals surface area contributed by atoms with Crippen molar-refractivity contribution in [3.8, 4) is 0 Å². The average molecular weight is 280 g/mol. The van der Waals surface area contributed by atoms with Crippen molar-refractivity contribution in [1.29, 1.82) is 0 Å². The first-order valence-electron chi connectivity index (χ1n) is 6.05. The fraction of sp³-hybridized carbons (Fsp3) is 0.917. The molecule has 2 nitrogen and oxygen atoms in total. The lowest BCUT2D eigenvalue weighted by atomic mass is 10.1. The van der Waals surface area contributed by atoms with Gasteiger partial charge in [-0.3, -0.25) is 4.79 Å². The Labute approximate surface area is 102 Å². The van der Waals surface area contributed by atoms with Gasteiger partial charge in [-0.1, -0.05) is 60.9 Å². The number of halogens is 1. The van der Waals surface area contributed by atoms with Gasteiger partial charge < -0.3 is 5.11 Å². The summed E-state index contributed by atoms with van der Waals surface area (Å²) in [6, 6.07) is 0. The fourth-order valence-electron chi connectivity index (χ4n) is 1.61. The van der Waals surface area contributed by atoms with Crippen molar-refractivity contribution in [2.75, 3.05) is 5.33 Å². The Kier molecular flexibility index (Phi) is 12.0. The van der Waals surface area contributed by atoms with Crippen LogP contribution in [0.3, 0.4) is 0 Å². The summed E-state index contributed by atoms with van der Waals surface area (Å²) in [5.74, 6) is -0.662. The monoisotopic (exact) mass is 279 g/mol. The van der Waals surface area contributed by atoms with Crippen molar-refractivity contribution >= 4 is 21.9 Å². The van der Waals surface area contributed by atoms with Gasteiger partial charge in [-0.25, -0.2) is 0 Å². The highest BCUT2D eigenvalue weighted by molar-refractivity contribution is 9.09. The highest BCUT2D eigenvalue weighted by Crippen LogP contribution is 2.10. The molecule has 0 aromatic rings. The van der Waals surface area contributed by atoms with Gasteiger partial charge in [-0.15, -0.1) is 0 Å². The van der Waals surface area contributed by atoms with Crippen molar-refractivity contribution in [1.82, 2.24) is 0 Å². The molecule has 0 saturated carbocycles. The molecule has 0 aliphatic heterocycles. The molecule has 0 aromatic carbocycles. The van der Waals surface area contributed by atoms with Crippen molar-refractivity contribution in [3.05, 3.63) is 0 Å². The van der Waals surface area contributed by atoms with E-state index in [9.17, 15) is 4.79 Å². The highest BCUT2D eigenvalue weighted by atomic mass is 79.9. The maximum absolute atomic E-state index is 10.2. The summed E-state index contributed by atoms with van der Waals surface area (Å²) in [5.41, 5.74) is 0. The second-order valence-corrected chi connectivity index (χ2v) is 4.81.